The number of hydrogen-bond donors (Lipinski definition) is 1. The zero-order chi connectivity index (χ0) is 15.3. The van der Waals surface area contributed by atoms with Gasteiger partial charge in [-0.3, -0.25) is 4.21 Å². The summed E-state index contributed by atoms with van der Waals surface area (Å²) in [5, 5.41) is 2.96. The molecule has 0 fully saturated rings. The van der Waals surface area contributed by atoms with Crippen molar-refractivity contribution in [2.75, 3.05) is 17.6 Å². The third-order valence-electron chi connectivity index (χ3n) is 2.56. The largest absolute Gasteiger partial charge is 0.427 e. The number of benzene rings is 1. The minimum Gasteiger partial charge on any atom is -0.361 e. The molecule has 0 aliphatic carbocycles. The summed E-state index contributed by atoms with van der Waals surface area (Å²) in [5.41, 5.74) is 0.976. The molecule has 1 heterocycles. The Morgan fingerprint density at radius 2 is 1.95 bits per heavy atom. The lowest BCUT2D eigenvalue weighted by Gasteiger charge is -2.04. The molecule has 0 amide bonds. The summed E-state index contributed by atoms with van der Waals surface area (Å²) in [4.78, 5) is 2.91. The first kappa shape index (κ1) is 16.0. The van der Waals surface area contributed by atoms with Crippen molar-refractivity contribution in [2.45, 2.75) is 11.9 Å². The standard InChI is InChI=1S/C13H13F3N2OS2/c14-13(15,16)11-8-18-12(20-11)17-6-7-21(19)9-10-4-2-1-3-5-10/h1-5,8H,6-7,9H2,(H,17,18). The molecule has 0 aliphatic heterocycles. The topological polar surface area (TPSA) is 42.0 Å². The van der Waals surface area contributed by atoms with Crippen LogP contribution in [0.15, 0.2) is 36.5 Å². The maximum atomic E-state index is 12.4. The van der Waals surface area contributed by atoms with E-state index < -0.39 is 21.9 Å². The van der Waals surface area contributed by atoms with E-state index in [1.807, 2.05) is 30.3 Å². The highest BCUT2D eigenvalue weighted by atomic mass is 32.2. The van der Waals surface area contributed by atoms with Crippen LogP contribution in [-0.2, 0) is 22.7 Å². The Balaban J connectivity index is 1.77. The van der Waals surface area contributed by atoms with Crippen molar-refractivity contribution in [1.29, 1.82) is 0 Å². The van der Waals surface area contributed by atoms with Gasteiger partial charge in [-0.2, -0.15) is 13.2 Å². The fraction of sp³-hybridized carbons (Fsp3) is 0.308. The Morgan fingerprint density at radius 3 is 2.57 bits per heavy atom. The van der Waals surface area contributed by atoms with Crippen LogP contribution < -0.4 is 5.32 Å². The van der Waals surface area contributed by atoms with Crippen LogP contribution in [0.2, 0.25) is 0 Å². The van der Waals surface area contributed by atoms with E-state index in [9.17, 15) is 17.4 Å². The normalized spacial score (nSPS) is 13.1. The maximum Gasteiger partial charge on any atom is 0.427 e. The minimum atomic E-state index is -4.37. The Bertz CT molecular complexity index is 599. The molecule has 2 rings (SSSR count). The SMILES string of the molecule is O=S(CCNc1ncc(C(F)(F)F)s1)Cc1ccccc1. The number of halogens is 3. The summed E-state index contributed by atoms with van der Waals surface area (Å²) in [6.07, 6.45) is -3.57. The first-order chi connectivity index (χ1) is 9.95. The molecular weight excluding hydrogens is 321 g/mol. The van der Waals surface area contributed by atoms with E-state index in [-0.39, 0.29) is 5.13 Å². The second-order valence-electron chi connectivity index (χ2n) is 4.23. The molecule has 1 aromatic carbocycles. The summed E-state index contributed by atoms with van der Waals surface area (Å²) in [6, 6.07) is 9.41. The predicted octanol–water partition coefficient (Wildman–Crippen LogP) is 3.52. The van der Waals surface area contributed by atoms with Crippen LogP contribution in [0.3, 0.4) is 0 Å². The average molecular weight is 334 g/mol. The van der Waals surface area contributed by atoms with Gasteiger partial charge in [0.25, 0.3) is 0 Å². The van der Waals surface area contributed by atoms with Gasteiger partial charge >= 0.3 is 6.18 Å². The smallest absolute Gasteiger partial charge is 0.361 e. The summed E-state index contributed by atoms with van der Waals surface area (Å²) < 4.78 is 49.0. The average Bonchev–Trinajstić information content (AvgIpc) is 2.88. The van der Waals surface area contributed by atoms with Crippen LogP contribution >= 0.6 is 11.3 Å². The van der Waals surface area contributed by atoms with Gasteiger partial charge in [0.1, 0.15) is 4.88 Å². The molecule has 0 bridgehead atoms. The van der Waals surface area contributed by atoms with Gasteiger partial charge < -0.3 is 5.32 Å². The Labute approximate surface area is 126 Å². The second kappa shape index (κ2) is 7.04. The molecule has 21 heavy (non-hydrogen) atoms. The van der Waals surface area contributed by atoms with Crippen molar-refractivity contribution in [3.8, 4) is 0 Å². The van der Waals surface area contributed by atoms with Gasteiger partial charge in [0, 0.05) is 28.9 Å². The van der Waals surface area contributed by atoms with Crippen molar-refractivity contribution >= 4 is 27.3 Å². The molecule has 2 aromatic rings. The molecule has 0 spiro atoms. The second-order valence-corrected chi connectivity index (χ2v) is 6.84. The van der Waals surface area contributed by atoms with Crippen LogP contribution in [0.25, 0.3) is 0 Å². The third-order valence-corrected chi connectivity index (χ3v) is 4.88. The molecule has 114 valence electrons. The van der Waals surface area contributed by atoms with Crippen LogP contribution in [-0.4, -0.2) is 21.5 Å². The third kappa shape index (κ3) is 5.13. The molecule has 0 radical (unpaired) electrons. The quantitative estimate of drug-likeness (QED) is 0.879. The molecular formula is C13H13F3N2OS2. The van der Waals surface area contributed by atoms with E-state index in [1.54, 1.807) is 0 Å². The lowest BCUT2D eigenvalue weighted by atomic mass is 10.2. The number of alkyl halides is 3. The number of aromatic nitrogens is 1. The highest BCUT2D eigenvalue weighted by molar-refractivity contribution is 7.84. The lowest BCUT2D eigenvalue weighted by Crippen LogP contribution is -2.12. The van der Waals surface area contributed by atoms with Crippen molar-refractivity contribution in [1.82, 2.24) is 4.98 Å². The van der Waals surface area contributed by atoms with Gasteiger partial charge in [-0.15, -0.1) is 0 Å². The number of hydrogen-bond acceptors (Lipinski definition) is 4. The highest BCUT2D eigenvalue weighted by Crippen LogP contribution is 2.34. The molecule has 1 N–H and O–H groups in total. The molecule has 8 heteroatoms. The van der Waals surface area contributed by atoms with E-state index in [1.165, 1.54) is 0 Å². The Morgan fingerprint density at radius 1 is 1.24 bits per heavy atom. The first-order valence-corrected chi connectivity index (χ1v) is 8.41. The van der Waals surface area contributed by atoms with E-state index in [2.05, 4.69) is 10.3 Å². The predicted molar refractivity (Wildman–Crippen MR) is 78.8 cm³/mol. The van der Waals surface area contributed by atoms with Gasteiger partial charge in [0.15, 0.2) is 5.13 Å². The van der Waals surface area contributed by atoms with Crippen molar-refractivity contribution in [3.05, 3.63) is 47.0 Å². The summed E-state index contributed by atoms with van der Waals surface area (Å²) in [6.45, 7) is 0.324. The van der Waals surface area contributed by atoms with Gasteiger partial charge in [-0.05, 0) is 5.56 Å². The van der Waals surface area contributed by atoms with E-state index >= 15 is 0 Å². The monoisotopic (exact) mass is 334 g/mol. The fourth-order valence-electron chi connectivity index (χ4n) is 1.59. The molecule has 1 unspecified atom stereocenters. The van der Waals surface area contributed by atoms with E-state index in [0.29, 0.717) is 29.4 Å². The summed E-state index contributed by atoms with van der Waals surface area (Å²) in [5.74, 6) is 0.796. The van der Waals surface area contributed by atoms with Crippen molar-refractivity contribution in [3.63, 3.8) is 0 Å². The van der Waals surface area contributed by atoms with Gasteiger partial charge in [-0.1, -0.05) is 41.7 Å². The van der Waals surface area contributed by atoms with E-state index in [0.717, 1.165) is 11.8 Å². The minimum absolute atomic E-state index is 0.194. The Kier molecular flexibility index (Phi) is 5.35. The Hall–Kier alpha value is -1.41. The van der Waals surface area contributed by atoms with Crippen LogP contribution in [0, 0.1) is 0 Å². The summed E-state index contributed by atoms with van der Waals surface area (Å²) in [7, 11) is -1.06. The zero-order valence-electron chi connectivity index (χ0n) is 10.9. The van der Waals surface area contributed by atoms with Gasteiger partial charge in [0.2, 0.25) is 0 Å². The fourth-order valence-corrected chi connectivity index (χ4v) is 3.34. The maximum absolute atomic E-state index is 12.4. The zero-order valence-corrected chi connectivity index (χ0v) is 12.5. The van der Waals surface area contributed by atoms with Crippen molar-refractivity contribution < 1.29 is 17.4 Å². The number of rotatable bonds is 6. The molecule has 3 nitrogen and oxygen atoms in total. The molecule has 0 saturated carbocycles. The number of nitrogens with zero attached hydrogens (tertiary/aromatic N) is 1. The summed E-state index contributed by atoms with van der Waals surface area (Å²) >= 11 is 0.549. The highest BCUT2D eigenvalue weighted by Gasteiger charge is 2.33. The van der Waals surface area contributed by atoms with Crippen LogP contribution in [0.4, 0.5) is 18.3 Å². The van der Waals surface area contributed by atoms with Crippen LogP contribution in [0.1, 0.15) is 10.4 Å². The number of thiazole rings is 1. The van der Waals surface area contributed by atoms with Gasteiger partial charge in [-0.25, -0.2) is 4.98 Å². The van der Waals surface area contributed by atoms with Gasteiger partial charge in [0.05, 0.1) is 6.20 Å². The first-order valence-electron chi connectivity index (χ1n) is 6.11. The number of nitrogens with one attached hydrogen (secondary N) is 1. The molecule has 0 saturated heterocycles. The van der Waals surface area contributed by atoms with Crippen LogP contribution in [0.5, 0.6) is 0 Å². The molecule has 1 atom stereocenters. The number of anilines is 1. The molecule has 0 aliphatic rings. The van der Waals surface area contributed by atoms with E-state index in [4.69, 9.17) is 0 Å². The molecule has 1 aromatic heterocycles. The van der Waals surface area contributed by atoms with Crippen molar-refractivity contribution in [2.24, 2.45) is 0 Å². The lowest BCUT2D eigenvalue weighted by molar-refractivity contribution is -0.134.